The summed E-state index contributed by atoms with van der Waals surface area (Å²) in [5.41, 5.74) is 0. The van der Waals surface area contributed by atoms with E-state index in [2.05, 4.69) is 6.92 Å². The Morgan fingerprint density at radius 2 is 1.80 bits per heavy atom. The monoisotopic (exact) mass is 228 g/mol. The largest absolute Gasteiger partial charge is 0.494 e. The second kappa shape index (κ2) is 5.16. The third kappa shape index (κ3) is 3.91. The molecule has 0 aliphatic carbocycles. The van der Waals surface area contributed by atoms with Crippen molar-refractivity contribution in [3.8, 4) is 5.75 Å². The molecule has 1 rings (SSSR count). The Bertz CT molecular complexity index is 392. The molecule has 0 spiro atoms. The van der Waals surface area contributed by atoms with E-state index in [-0.39, 0.29) is 0 Å². The Balaban J connectivity index is 2.65. The van der Waals surface area contributed by atoms with Gasteiger partial charge in [-0.15, -0.1) is 0 Å². The summed E-state index contributed by atoms with van der Waals surface area (Å²) in [5.74, 6) is 0.718. The molecule has 0 unspecified atom stereocenters. The molecule has 15 heavy (non-hydrogen) atoms. The maximum Gasteiger partial charge on any atom is 0.175 e. The van der Waals surface area contributed by atoms with E-state index in [1.54, 1.807) is 24.3 Å². The van der Waals surface area contributed by atoms with Crippen molar-refractivity contribution in [1.82, 2.24) is 0 Å². The number of hydrogen-bond acceptors (Lipinski definition) is 3. The fourth-order valence-electron chi connectivity index (χ4n) is 1.12. The van der Waals surface area contributed by atoms with Crippen molar-refractivity contribution in [2.75, 3.05) is 12.9 Å². The molecule has 1 aromatic rings. The molecule has 0 saturated carbocycles. The first-order chi connectivity index (χ1) is 7.04. The molecule has 0 bridgehead atoms. The van der Waals surface area contributed by atoms with Crippen LogP contribution in [0.1, 0.15) is 19.8 Å². The number of hydrogen-bond donors (Lipinski definition) is 0. The van der Waals surface area contributed by atoms with Crippen molar-refractivity contribution in [3.05, 3.63) is 24.3 Å². The van der Waals surface area contributed by atoms with Crippen LogP contribution in [0.5, 0.6) is 5.75 Å². The predicted molar refractivity (Wildman–Crippen MR) is 60.0 cm³/mol. The molecule has 0 fully saturated rings. The first kappa shape index (κ1) is 12.0. The van der Waals surface area contributed by atoms with Crippen LogP contribution in [0.2, 0.25) is 0 Å². The average Bonchev–Trinajstić information content (AvgIpc) is 2.18. The molecule has 1 aromatic carbocycles. The van der Waals surface area contributed by atoms with Gasteiger partial charge in [0.15, 0.2) is 9.84 Å². The van der Waals surface area contributed by atoms with E-state index in [9.17, 15) is 8.42 Å². The lowest BCUT2D eigenvalue weighted by molar-refractivity contribution is 0.309. The van der Waals surface area contributed by atoms with E-state index in [0.717, 1.165) is 18.6 Å². The Kier molecular flexibility index (Phi) is 4.15. The van der Waals surface area contributed by atoms with Gasteiger partial charge in [-0.25, -0.2) is 8.42 Å². The first-order valence-electron chi connectivity index (χ1n) is 4.97. The molecule has 0 N–H and O–H groups in total. The maximum atomic E-state index is 11.2. The van der Waals surface area contributed by atoms with E-state index in [0.29, 0.717) is 11.5 Å². The van der Waals surface area contributed by atoms with Crippen LogP contribution in [0.15, 0.2) is 29.2 Å². The summed E-state index contributed by atoms with van der Waals surface area (Å²) in [4.78, 5) is 0.324. The van der Waals surface area contributed by atoms with Gasteiger partial charge in [0.05, 0.1) is 11.5 Å². The van der Waals surface area contributed by atoms with Crippen molar-refractivity contribution >= 4 is 9.84 Å². The molecule has 3 nitrogen and oxygen atoms in total. The molecule has 0 saturated heterocycles. The minimum atomic E-state index is -3.10. The molecule has 0 heterocycles. The van der Waals surface area contributed by atoms with Crippen molar-refractivity contribution in [2.45, 2.75) is 24.7 Å². The Morgan fingerprint density at radius 3 is 2.27 bits per heavy atom. The second-order valence-electron chi connectivity index (χ2n) is 3.45. The van der Waals surface area contributed by atoms with Crippen LogP contribution >= 0.6 is 0 Å². The summed E-state index contributed by atoms with van der Waals surface area (Å²) in [5, 5.41) is 0. The topological polar surface area (TPSA) is 43.4 Å². The third-order valence-corrected chi connectivity index (χ3v) is 3.15. The molecule has 0 aromatic heterocycles. The van der Waals surface area contributed by atoms with Gasteiger partial charge < -0.3 is 4.74 Å². The van der Waals surface area contributed by atoms with Gasteiger partial charge in [0, 0.05) is 6.26 Å². The van der Waals surface area contributed by atoms with Crippen molar-refractivity contribution in [1.29, 1.82) is 0 Å². The molecule has 0 amide bonds. The standard InChI is InChI=1S/C11H16O3S/c1-3-4-9-14-10-5-7-11(8-6-10)15(2,12)13/h5-8H,3-4,9H2,1-2H3. The van der Waals surface area contributed by atoms with Gasteiger partial charge in [0.25, 0.3) is 0 Å². The highest BCUT2D eigenvalue weighted by atomic mass is 32.2. The normalized spacial score (nSPS) is 11.3. The highest BCUT2D eigenvalue weighted by Crippen LogP contribution is 2.15. The molecule has 84 valence electrons. The van der Waals surface area contributed by atoms with E-state index in [1.807, 2.05) is 0 Å². The summed E-state index contributed by atoms with van der Waals surface area (Å²) in [6.07, 6.45) is 3.29. The molecule has 0 atom stereocenters. The van der Waals surface area contributed by atoms with E-state index < -0.39 is 9.84 Å². The minimum Gasteiger partial charge on any atom is -0.494 e. The van der Waals surface area contributed by atoms with E-state index in [1.165, 1.54) is 6.26 Å². The van der Waals surface area contributed by atoms with Gasteiger partial charge in [0.2, 0.25) is 0 Å². The van der Waals surface area contributed by atoms with Gasteiger partial charge in [0.1, 0.15) is 5.75 Å². The zero-order chi connectivity index (χ0) is 11.3. The number of unbranched alkanes of at least 4 members (excludes halogenated alkanes) is 1. The van der Waals surface area contributed by atoms with Gasteiger partial charge in [-0.2, -0.15) is 0 Å². The first-order valence-corrected chi connectivity index (χ1v) is 6.86. The zero-order valence-corrected chi connectivity index (χ0v) is 9.88. The lowest BCUT2D eigenvalue weighted by Gasteiger charge is -2.05. The van der Waals surface area contributed by atoms with Gasteiger partial charge >= 0.3 is 0 Å². The molecule has 0 aliphatic heterocycles. The van der Waals surface area contributed by atoms with Crippen LogP contribution < -0.4 is 4.74 Å². The number of rotatable bonds is 5. The molecular weight excluding hydrogens is 212 g/mol. The van der Waals surface area contributed by atoms with Crippen LogP contribution in [0, 0.1) is 0 Å². The Morgan fingerprint density at radius 1 is 1.20 bits per heavy atom. The van der Waals surface area contributed by atoms with Crippen LogP contribution in [0.25, 0.3) is 0 Å². The summed E-state index contributed by atoms with van der Waals surface area (Å²) in [6.45, 7) is 2.77. The number of ether oxygens (including phenoxy) is 1. The van der Waals surface area contributed by atoms with Crippen LogP contribution in [0.4, 0.5) is 0 Å². The Labute approximate surface area is 91.0 Å². The molecule has 0 aliphatic rings. The highest BCUT2D eigenvalue weighted by molar-refractivity contribution is 7.90. The quantitative estimate of drug-likeness (QED) is 0.726. The smallest absolute Gasteiger partial charge is 0.175 e. The SMILES string of the molecule is CCCCOc1ccc(S(C)(=O)=O)cc1. The summed E-state index contributed by atoms with van der Waals surface area (Å²) >= 11 is 0. The average molecular weight is 228 g/mol. The van der Waals surface area contributed by atoms with E-state index in [4.69, 9.17) is 4.74 Å². The van der Waals surface area contributed by atoms with Crippen LogP contribution in [-0.4, -0.2) is 21.3 Å². The van der Waals surface area contributed by atoms with Crippen molar-refractivity contribution in [3.63, 3.8) is 0 Å². The predicted octanol–water partition coefficient (Wildman–Crippen LogP) is 2.27. The minimum absolute atomic E-state index is 0.324. The summed E-state index contributed by atoms with van der Waals surface area (Å²) in [7, 11) is -3.10. The lowest BCUT2D eigenvalue weighted by atomic mass is 10.3. The third-order valence-electron chi connectivity index (χ3n) is 2.02. The summed E-state index contributed by atoms with van der Waals surface area (Å²) in [6, 6.07) is 6.51. The van der Waals surface area contributed by atoms with Crippen molar-refractivity contribution < 1.29 is 13.2 Å². The lowest BCUT2D eigenvalue weighted by Crippen LogP contribution is -1.99. The number of benzene rings is 1. The molecule has 0 radical (unpaired) electrons. The number of sulfone groups is 1. The van der Waals surface area contributed by atoms with Crippen LogP contribution in [0.3, 0.4) is 0 Å². The van der Waals surface area contributed by atoms with Crippen LogP contribution in [-0.2, 0) is 9.84 Å². The van der Waals surface area contributed by atoms with Gasteiger partial charge in [-0.05, 0) is 30.7 Å². The second-order valence-corrected chi connectivity index (χ2v) is 5.46. The van der Waals surface area contributed by atoms with Gasteiger partial charge in [-0.3, -0.25) is 0 Å². The Hall–Kier alpha value is -1.03. The fraction of sp³-hybridized carbons (Fsp3) is 0.455. The van der Waals surface area contributed by atoms with E-state index >= 15 is 0 Å². The zero-order valence-electron chi connectivity index (χ0n) is 9.06. The van der Waals surface area contributed by atoms with Gasteiger partial charge in [-0.1, -0.05) is 13.3 Å². The molecular formula is C11H16O3S. The molecule has 4 heteroatoms. The summed E-state index contributed by atoms with van der Waals surface area (Å²) < 4.78 is 27.7. The van der Waals surface area contributed by atoms with Crippen molar-refractivity contribution in [2.24, 2.45) is 0 Å². The fourth-order valence-corrected chi connectivity index (χ4v) is 1.75. The highest BCUT2D eigenvalue weighted by Gasteiger charge is 2.05. The maximum absolute atomic E-state index is 11.2.